The molecule has 0 saturated carbocycles. The number of tetrazole rings is 1. The summed E-state index contributed by atoms with van der Waals surface area (Å²) < 4.78 is 1.67. The molecule has 2 heterocycles. The third-order valence-electron chi connectivity index (χ3n) is 2.78. The van der Waals surface area contributed by atoms with Gasteiger partial charge in [0.15, 0.2) is 5.82 Å². The predicted molar refractivity (Wildman–Crippen MR) is 61.1 cm³/mol. The van der Waals surface area contributed by atoms with Crippen LogP contribution in [-0.2, 0) is 0 Å². The average molecular weight is 255 g/mol. The van der Waals surface area contributed by atoms with Crippen molar-refractivity contribution in [2.45, 2.75) is 17.7 Å². The van der Waals surface area contributed by atoms with Crippen LogP contribution in [0.25, 0.3) is 5.69 Å². The minimum Gasteiger partial charge on any atom is -0.195 e. The van der Waals surface area contributed by atoms with Crippen LogP contribution in [0.5, 0.6) is 0 Å². The van der Waals surface area contributed by atoms with Gasteiger partial charge < -0.3 is 0 Å². The Morgan fingerprint density at radius 1 is 1.25 bits per heavy atom. The second kappa shape index (κ2) is 3.43. The summed E-state index contributed by atoms with van der Waals surface area (Å²) in [6, 6.07) is 5.92. The number of aryl methyl sites for hydroxylation is 1. The van der Waals surface area contributed by atoms with Crippen LogP contribution in [0.3, 0.4) is 0 Å². The van der Waals surface area contributed by atoms with Gasteiger partial charge in [-0.3, -0.25) is 0 Å². The number of hydrogen-bond acceptors (Lipinski definition) is 3. The van der Waals surface area contributed by atoms with Gasteiger partial charge in [0.05, 0.1) is 11.1 Å². The zero-order valence-corrected chi connectivity index (χ0v) is 9.94. The van der Waals surface area contributed by atoms with Crippen LogP contribution in [0.2, 0.25) is 0 Å². The van der Waals surface area contributed by atoms with Crippen molar-refractivity contribution in [1.82, 2.24) is 20.2 Å². The molecule has 0 aliphatic carbocycles. The Labute approximate surface area is 102 Å². The summed E-state index contributed by atoms with van der Waals surface area (Å²) >= 11 is 12.5. The molecule has 4 nitrogen and oxygen atoms in total. The van der Waals surface area contributed by atoms with Crippen molar-refractivity contribution >= 4 is 23.2 Å². The number of para-hydroxylation sites is 1. The molecular formula is C10H8Cl2N4. The van der Waals surface area contributed by atoms with Gasteiger partial charge in [0.1, 0.15) is 5.38 Å². The van der Waals surface area contributed by atoms with Gasteiger partial charge in [-0.25, -0.2) is 0 Å². The first-order valence-electron chi connectivity index (χ1n) is 4.86. The normalized spacial score (nSPS) is 22.7. The van der Waals surface area contributed by atoms with Gasteiger partial charge in [0, 0.05) is 0 Å². The Balaban J connectivity index is 2.36. The fourth-order valence-corrected chi connectivity index (χ4v) is 2.57. The van der Waals surface area contributed by atoms with E-state index >= 15 is 0 Å². The zero-order chi connectivity index (χ0) is 11.3. The van der Waals surface area contributed by atoms with E-state index in [0.717, 1.165) is 16.8 Å². The Kier molecular flexibility index (Phi) is 2.16. The number of fused-ring (bicyclic) bond motifs is 3. The maximum absolute atomic E-state index is 6.31. The van der Waals surface area contributed by atoms with Crippen LogP contribution < -0.4 is 0 Å². The number of alkyl halides is 2. The van der Waals surface area contributed by atoms with Crippen molar-refractivity contribution < 1.29 is 0 Å². The molecule has 2 aromatic rings. The molecule has 1 aliphatic heterocycles. The minimum absolute atomic E-state index is 0.296. The topological polar surface area (TPSA) is 43.6 Å². The summed E-state index contributed by atoms with van der Waals surface area (Å²) in [4.78, 5) is 0. The molecule has 0 amide bonds. The maximum atomic E-state index is 6.31. The SMILES string of the molecule is Cc1cccc2c1-n1nnnc1C(Cl)C2Cl. The first-order valence-corrected chi connectivity index (χ1v) is 5.73. The van der Waals surface area contributed by atoms with Gasteiger partial charge in [0.25, 0.3) is 0 Å². The largest absolute Gasteiger partial charge is 0.195 e. The number of rotatable bonds is 0. The minimum atomic E-state index is -0.397. The summed E-state index contributed by atoms with van der Waals surface area (Å²) in [6.07, 6.45) is 0. The molecule has 2 atom stereocenters. The predicted octanol–water partition coefficient (Wildman–Crippen LogP) is 2.54. The molecule has 0 spiro atoms. The lowest BCUT2D eigenvalue weighted by atomic mass is 9.99. The van der Waals surface area contributed by atoms with Crippen molar-refractivity contribution in [1.29, 1.82) is 0 Å². The molecule has 6 heteroatoms. The number of hydrogen-bond donors (Lipinski definition) is 0. The van der Waals surface area contributed by atoms with Crippen molar-refractivity contribution in [2.24, 2.45) is 0 Å². The van der Waals surface area contributed by atoms with Gasteiger partial charge in [-0.1, -0.05) is 18.2 Å². The van der Waals surface area contributed by atoms with Gasteiger partial charge in [-0.15, -0.1) is 28.3 Å². The van der Waals surface area contributed by atoms with Gasteiger partial charge in [-0.2, -0.15) is 4.68 Å². The van der Waals surface area contributed by atoms with Crippen LogP contribution in [0.4, 0.5) is 0 Å². The van der Waals surface area contributed by atoms with E-state index in [1.165, 1.54) is 0 Å². The standard InChI is InChI=1S/C10H8Cl2N4/c1-5-3-2-4-6-7(11)8(12)10-13-14-15-16(10)9(5)6/h2-4,7-8H,1H3. The van der Waals surface area contributed by atoms with Gasteiger partial charge in [0.2, 0.25) is 0 Å². The first kappa shape index (κ1) is 10.1. The van der Waals surface area contributed by atoms with E-state index in [0.29, 0.717) is 5.82 Å². The van der Waals surface area contributed by atoms with Crippen molar-refractivity contribution in [3.63, 3.8) is 0 Å². The molecule has 0 N–H and O–H groups in total. The van der Waals surface area contributed by atoms with E-state index in [-0.39, 0.29) is 5.38 Å². The summed E-state index contributed by atoms with van der Waals surface area (Å²) in [5.41, 5.74) is 3.00. The molecule has 2 unspecified atom stereocenters. The lowest BCUT2D eigenvalue weighted by Crippen LogP contribution is -2.18. The number of benzene rings is 1. The maximum Gasteiger partial charge on any atom is 0.176 e. The van der Waals surface area contributed by atoms with Crippen molar-refractivity contribution in [3.8, 4) is 5.69 Å². The highest BCUT2D eigenvalue weighted by molar-refractivity contribution is 6.30. The van der Waals surface area contributed by atoms with Crippen molar-refractivity contribution in [3.05, 3.63) is 35.2 Å². The smallest absolute Gasteiger partial charge is 0.176 e. The highest BCUT2D eigenvalue weighted by atomic mass is 35.5. The average Bonchev–Trinajstić information content (AvgIpc) is 2.74. The summed E-state index contributed by atoms with van der Waals surface area (Å²) in [7, 11) is 0. The molecule has 16 heavy (non-hydrogen) atoms. The first-order chi connectivity index (χ1) is 7.70. The molecule has 0 radical (unpaired) electrons. The molecule has 1 aromatic heterocycles. The summed E-state index contributed by atoms with van der Waals surface area (Å²) in [6.45, 7) is 2.00. The number of halogens is 2. The third-order valence-corrected chi connectivity index (χ3v) is 3.84. The quantitative estimate of drug-likeness (QED) is 0.679. The Morgan fingerprint density at radius 3 is 2.88 bits per heavy atom. The molecule has 1 aliphatic rings. The number of aromatic nitrogens is 4. The van der Waals surface area contributed by atoms with Crippen LogP contribution in [0, 0.1) is 6.92 Å². The fraction of sp³-hybridized carbons (Fsp3) is 0.300. The van der Waals surface area contributed by atoms with E-state index < -0.39 is 5.38 Å². The van der Waals surface area contributed by atoms with E-state index in [2.05, 4.69) is 15.5 Å². The summed E-state index contributed by atoms with van der Waals surface area (Å²) in [5.74, 6) is 0.600. The molecule has 3 rings (SSSR count). The molecule has 0 fully saturated rings. The Hall–Kier alpha value is -1.13. The fourth-order valence-electron chi connectivity index (χ4n) is 2.01. The molecular weight excluding hydrogens is 247 g/mol. The van der Waals surface area contributed by atoms with Crippen LogP contribution in [-0.4, -0.2) is 20.2 Å². The van der Waals surface area contributed by atoms with Crippen LogP contribution in [0.1, 0.15) is 27.7 Å². The van der Waals surface area contributed by atoms with Gasteiger partial charge in [-0.05, 0) is 28.5 Å². The molecule has 0 bridgehead atoms. The van der Waals surface area contributed by atoms with E-state index in [1.54, 1.807) is 4.68 Å². The second-order valence-electron chi connectivity index (χ2n) is 3.77. The van der Waals surface area contributed by atoms with Crippen molar-refractivity contribution in [2.75, 3.05) is 0 Å². The van der Waals surface area contributed by atoms with Crippen LogP contribution >= 0.6 is 23.2 Å². The van der Waals surface area contributed by atoms with Gasteiger partial charge >= 0.3 is 0 Å². The highest BCUT2D eigenvalue weighted by Crippen LogP contribution is 2.45. The van der Waals surface area contributed by atoms with E-state index in [1.807, 2.05) is 25.1 Å². The molecule has 1 aromatic carbocycles. The highest BCUT2D eigenvalue weighted by Gasteiger charge is 2.34. The third kappa shape index (κ3) is 1.20. The van der Waals surface area contributed by atoms with Crippen LogP contribution in [0.15, 0.2) is 18.2 Å². The van der Waals surface area contributed by atoms with E-state index in [4.69, 9.17) is 23.2 Å². The van der Waals surface area contributed by atoms with E-state index in [9.17, 15) is 0 Å². The Bertz CT molecular complexity index is 552. The summed E-state index contributed by atoms with van der Waals surface area (Å²) in [5, 5.41) is 10.8. The molecule has 82 valence electrons. The monoisotopic (exact) mass is 254 g/mol. The lowest BCUT2D eigenvalue weighted by Gasteiger charge is -2.25. The zero-order valence-electron chi connectivity index (χ0n) is 8.43. The Morgan fingerprint density at radius 2 is 2.06 bits per heavy atom. The second-order valence-corrected chi connectivity index (χ2v) is 4.71. The lowest BCUT2D eigenvalue weighted by molar-refractivity contribution is 0.681. The molecule has 0 saturated heterocycles. The number of nitrogens with zero attached hydrogens (tertiary/aromatic N) is 4.